The number of rotatable bonds is 5. The van der Waals surface area contributed by atoms with E-state index < -0.39 is 42.0 Å². The third-order valence-corrected chi connectivity index (χ3v) is 7.70. The highest BCUT2D eigenvalue weighted by Gasteiger charge is 2.44. The molecule has 1 saturated heterocycles. The molecule has 0 spiro atoms. The van der Waals surface area contributed by atoms with Gasteiger partial charge in [-0.2, -0.15) is 23.5 Å². The van der Waals surface area contributed by atoms with E-state index in [1.54, 1.807) is 0 Å². The number of carbonyl (C=O) groups excluding carboxylic acids is 2. The standard InChI is InChI=1S/C26H26F4N8O3/c1-41-24-17(6-15(9-33-24)21-14(8-31)7-20-22(32)34-12-35-38(20)21)23(39)36-19-11-37(10-18(19)27)25(40)13-2-4-16(5-3-13)26(28,29)30/h6-7,9,12-13,16,18-19H,2-5,10-11H2,1H3,(H,36,39)(H2,32,34,35). The number of anilines is 1. The number of nitrogens with zero attached hydrogens (tertiary/aromatic N) is 6. The van der Waals surface area contributed by atoms with E-state index in [0.717, 1.165) is 0 Å². The monoisotopic (exact) mass is 574 g/mol. The van der Waals surface area contributed by atoms with Crippen LogP contribution in [-0.4, -0.2) is 74.9 Å². The van der Waals surface area contributed by atoms with E-state index in [9.17, 15) is 32.4 Å². The third-order valence-electron chi connectivity index (χ3n) is 7.70. The summed E-state index contributed by atoms with van der Waals surface area (Å²) in [6.45, 7) is -0.403. The highest BCUT2D eigenvalue weighted by molar-refractivity contribution is 5.98. The molecule has 2 unspecified atom stereocenters. The molecule has 0 aromatic carbocycles. The maximum atomic E-state index is 15.0. The molecule has 2 atom stereocenters. The number of aromatic nitrogens is 4. The highest BCUT2D eigenvalue weighted by atomic mass is 19.4. The van der Waals surface area contributed by atoms with Crippen LogP contribution in [0.3, 0.4) is 0 Å². The van der Waals surface area contributed by atoms with Crippen LogP contribution in [0.4, 0.5) is 23.4 Å². The summed E-state index contributed by atoms with van der Waals surface area (Å²) < 4.78 is 60.6. The number of halogens is 4. The summed E-state index contributed by atoms with van der Waals surface area (Å²) in [6.07, 6.45) is -3.39. The molecule has 3 aromatic heterocycles. The van der Waals surface area contributed by atoms with Crippen molar-refractivity contribution in [1.82, 2.24) is 29.8 Å². The minimum atomic E-state index is -4.29. The lowest BCUT2D eigenvalue weighted by Crippen LogP contribution is -2.43. The van der Waals surface area contributed by atoms with Crippen molar-refractivity contribution in [3.8, 4) is 23.2 Å². The lowest BCUT2D eigenvalue weighted by atomic mass is 9.81. The van der Waals surface area contributed by atoms with Gasteiger partial charge in [0, 0.05) is 24.2 Å². The van der Waals surface area contributed by atoms with Crippen LogP contribution < -0.4 is 15.8 Å². The zero-order chi connectivity index (χ0) is 29.5. The summed E-state index contributed by atoms with van der Waals surface area (Å²) in [5.41, 5.74) is 7.09. The summed E-state index contributed by atoms with van der Waals surface area (Å²) in [6, 6.07) is 3.93. The Kier molecular flexibility index (Phi) is 7.41. The van der Waals surface area contributed by atoms with Crippen LogP contribution >= 0.6 is 0 Å². The van der Waals surface area contributed by atoms with Crippen LogP contribution in [-0.2, 0) is 4.79 Å². The van der Waals surface area contributed by atoms with Gasteiger partial charge in [0.1, 0.15) is 29.6 Å². The van der Waals surface area contributed by atoms with Gasteiger partial charge in [-0.1, -0.05) is 0 Å². The number of fused-ring (bicyclic) bond motifs is 1. The van der Waals surface area contributed by atoms with Crippen molar-refractivity contribution < 1.29 is 31.9 Å². The van der Waals surface area contributed by atoms with Crippen molar-refractivity contribution in [2.24, 2.45) is 11.8 Å². The Labute approximate surface area is 231 Å². The van der Waals surface area contributed by atoms with Crippen molar-refractivity contribution in [3.63, 3.8) is 0 Å². The summed E-state index contributed by atoms with van der Waals surface area (Å²) in [7, 11) is 1.31. The van der Waals surface area contributed by atoms with Crippen LogP contribution in [0.15, 0.2) is 24.7 Å². The van der Waals surface area contributed by atoms with Crippen molar-refractivity contribution >= 4 is 23.1 Å². The number of amides is 2. The Morgan fingerprint density at radius 1 is 1.17 bits per heavy atom. The Bertz CT molecular complexity index is 1530. The van der Waals surface area contributed by atoms with Crippen LogP contribution in [0, 0.1) is 23.2 Å². The highest BCUT2D eigenvalue weighted by Crippen LogP contribution is 2.40. The van der Waals surface area contributed by atoms with Gasteiger partial charge in [-0.25, -0.2) is 18.9 Å². The van der Waals surface area contributed by atoms with Crippen LogP contribution in [0.25, 0.3) is 16.8 Å². The predicted molar refractivity (Wildman–Crippen MR) is 136 cm³/mol. The number of likely N-dealkylation sites (tertiary alicyclic amines) is 1. The molecule has 3 N–H and O–H groups in total. The van der Waals surface area contributed by atoms with Gasteiger partial charge in [0.15, 0.2) is 5.82 Å². The van der Waals surface area contributed by atoms with Crippen molar-refractivity contribution in [3.05, 3.63) is 35.8 Å². The molecule has 2 amide bonds. The zero-order valence-electron chi connectivity index (χ0n) is 21.9. The number of hydrogen-bond acceptors (Lipinski definition) is 8. The van der Waals surface area contributed by atoms with Crippen molar-refractivity contribution in [2.75, 3.05) is 25.9 Å². The van der Waals surface area contributed by atoms with E-state index in [2.05, 4.69) is 26.5 Å². The maximum Gasteiger partial charge on any atom is 0.391 e. The van der Waals surface area contributed by atoms with Gasteiger partial charge in [-0.15, -0.1) is 0 Å². The Morgan fingerprint density at radius 2 is 1.90 bits per heavy atom. The normalized spacial score (nSPS) is 22.9. The van der Waals surface area contributed by atoms with Gasteiger partial charge < -0.3 is 20.7 Å². The first-order chi connectivity index (χ1) is 19.5. The molecule has 1 aliphatic heterocycles. The fraction of sp³-hybridized carbons (Fsp3) is 0.462. The first-order valence-corrected chi connectivity index (χ1v) is 12.9. The Balaban J connectivity index is 1.33. The second-order valence-electron chi connectivity index (χ2n) is 10.2. The number of alkyl halides is 4. The van der Waals surface area contributed by atoms with Gasteiger partial charge in [0.2, 0.25) is 11.8 Å². The number of ether oxygens (including phenoxy) is 1. The number of nitriles is 1. The Morgan fingerprint density at radius 3 is 2.56 bits per heavy atom. The molecule has 15 heteroatoms. The predicted octanol–water partition coefficient (Wildman–Crippen LogP) is 2.90. The molecule has 11 nitrogen and oxygen atoms in total. The quantitative estimate of drug-likeness (QED) is 0.442. The molecule has 5 rings (SSSR count). The van der Waals surface area contributed by atoms with E-state index in [0.29, 0.717) is 16.8 Å². The smallest absolute Gasteiger partial charge is 0.391 e. The minimum absolute atomic E-state index is 0.0479. The molecule has 216 valence electrons. The van der Waals surface area contributed by atoms with E-state index in [-0.39, 0.29) is 61.6 Å². The van der Waals surface area contributed by atoms with Crippen molar-refractivity contribution in [1.29, 1.82) is 5.26 Å². The summed E-state index contributed by atoms with van der Waals surface area (Å²) in [4.78, 5) is 35.6. The molecule has 0 bridgehead atoms. The minimum Gasteiger partial charge on any atom is -0.480 e. The molecule has 1 saturated carbocycles. The molecule has 0 radical (unpaired) electrons. The lowest BCUT2D eigenvalue weighted by molar-refractivity contribution is -0.185. The number of nitrogen functional groups attached to an aromatic ring is 1. The second-order valence-corrected chi connectivity index (χ2v) is 10.2. The number of carbonyl (C=O) groups is 2. The van der Waals surface area contributed by atoms with Crippen LogP contribution in [0.5, 0.6) is 5.88 Å². The molecule has 41 heavy (non-hydrogen) atoms. The topological polar surface area (TPSA) is 152 Å². The number of hydrogen-bond donors (Lipinski definition) is 2. The molecule has 1 aliphatic carbocycles. The summed E-state index contributed by atoms with van der Waals surface area (Å²) in [5.74, 6) is -3.08. The number of methoxy groups -OCH3 is 1. The molecule has 2 fully saturated rings. The summed E-state index contributed by atoms with van der Waals surface area (Å²) in [5, 5.41) is 16.4. The average molecular weight is 575 g/mol. The van der Waals surface area contributed by atoms with E-state index in [1.807, 2.05) is 0 Å². The maximum absolute atomic E-state index is 15.0. The number of pyridine rings is 1. The molecular weight excluding hydrogens is 548 g/mol. The van der Waals surface area contributed by atoms with E-state index in [1.165, 1.54) is 41.2 Å². The first-order valence-electron chi connectivity index (χ1n) is 12.9. The van der Waals surface area contributed by atoms with Gasteiger partial charge in [0.05, 0.1) is 36.9 Å². The number of nitrogens with two attached hydrogens (primary N) is 1. The fourth-order valence-electron chi connectivity index (χ4n) is 5.53. The SMILES string of the molecule is COc1ncc(-c2c(C#N)cc3c(N)ncnn23)cc1C(=O)NC1CN(C(=O)C2CCC(C(F)(F)F)CC2)CC1F. The molecular formula is C26H26F4N8O3. The lowest BCUT2D eigenvalue weighted by Gasteiger charge is -2.31. The molecule has 4 heterocycles. The Hall–Kier alpha value is -4.48. The van der Waals surface area contributed by atoms with Crippen molar-refractivity contribution in [2.45, 2.75) is 44.1 Å². The first kappa shape index (κ1) is 28.1. The van der Waals surface area contributed by atoms with E-state index >= 15 is 0 Å². The van der Waals surface area contributed by atoms with E-state index in [4.69, 9.17) is 10.5 Å². The molecule has 3 aromatic rings. The summed E-state index contributed by atoms with van der Waals surface area (Å²) >= 11 is 0. The second kappa shape index (κ2) is 10.8. The number of nitrogens with one attached hydrogen (secondary N) is 1. The van der Waals surface area contributed by atoms with Crippen LogP contribution in [0.1, 0.15) is 41.6 Å². The van der Waals surface area contributed by atoms with Crippen LogP contribution in [0.2, 0.25) is 0 Å². The largest absolute Gasteiger partial charge is 0.480 e. The molecule has 2 aliphatic rings. The fourth-order valence-corrected chi connectivity index (χ4v) is 5.53. The van der Waals surface area contributed by atoms with Gasteiger partial charge >= 0.3 is 6.18 Å². The van der Waals surface area contributed by atoms with Gasteiger partial charge in [0.25, 0.3) is 5.91 Å². The van der Waals surface area contributed by atoms with Gasteiger partial charge in [-0.3, -0.25) is 9.59 Å². The average Bonchev–Trinajstić information content (AvgIpc) is 3.52. The zero-order valence-corrected chi connectivity index (χ0v) is 21.9. The van der Waals surface area contributed by atoms with Gasteiger partial charge in [-0.05, 0) is 37.8 Å². The third kappa shape index (κ3) is 5.33.